The molecule has 0 fully saturated rings. The molecule has 61 heavy (non-hydrogen) atoms. The molecule has 362 valence electrons. The number of carbonyl (C=O) groups excluding carboxylic acids is 3. The van der Waals surface area contributed by atoms with Crippen molar-refractivity contribution >= 4 is 18.1 Å². The van der Waals surface area contributed by atoms with Crippen molar-refractivity contribution in [3.63, 3.8) is 0 Å². The number of hydrogen-bond donors (Lipinski definition) is 0. The van der Waals surface area contributed by atoms with E-state index in [0.717, 1.165) is 142 Å². The highest BCUT2D eigenvalue weighted by Crippen LogP contribution is 2.23. The SMILES string of the molecule is CCCCCCCCC(CCCCC)C(=O)OCCCCCC(CCCCCOC(=O)C(CCCCCC)CCCCCCCC)OC(=O)OCCN(C)CCN(CC)CC. The van der Waals surface area contributed by atoms with Gasteiger partial charge in [0.25, 0.3) is 0 Å². The third kappa shape index (κ3) is 37.2. The van der Waals surface area contributed by atoms with Crippen LogP contribution in [0.5, 0.6) is 0 Å². The van der Waals surface area contributed by atoms with Crippen LogP contribution < -0.4 is 0 Å². The predicted molar refractivity (Wildman–Crippen MR) is 256 cm³/mol. The standard InChI is InChI=1S/C52H102N2O7/c1-8-14-18-21-23-29-37-47(35-27-17-11-4)50(55)58-44-33-25-31-39-49(61-52(57)60-46-43-53(7)41-42-54(12-5)13-6)40-32-26-34-45-59-51(56)48(36-28-20-16-10-3)38-30-24-22-19-15-9-2/h47-49H,8-46H2,1-7H3. The number of esters is 2. The molecule has 0 bridgehead atoms. The minimum absolute atomic E-state index is 0.0109. The summed E-state index contributed by atoms with van der Waals surface area (Å²) in [6, 6.07) is 0. The van der Waals surface area contributed by atoms with Crippen LogP contribution in [0.2, 0.25) is 0 Å². The number of hydrogen-bond acceptors (Lipinski definition) is 9. The fourth-order valence-electron chi connectivity index (χ4n) is 8.12. The molecule has 0 radical (unpaired) electrons. The molecule has 0 aliphatic heterocycles. The largest absolute Gasteiger partial charge is 0.508 e. The Labute approximate surface area is 378 Å². The van der Waals surface area contributed by atoms with E-state index in [-0.39, 0.29) is 29.9 Å². The van der Waals surface area contributed by atoms with Crippen LogP contribution in [-0.4, -0.2) is 93.6 Å². The molecule has 0 aromatic carbocycles. The summed E-state index contributed by atoms with van der Waals surface area (Å²) in [6.45, 7) is 19.1. The Hall–Kier alpha value is -1.87. The Kier molecular flexibility index (Phi) is 43.4. The van der Waals surface area contributed by atoms with Crippen LogP contribution in [0, 0.1) is 11.8 Å². The molecule has 0 saturated carbocycles. The van der Waals surface area contributed by atoms with E-state index < -0.39 is 6.16 Å². The van der Waals surface area contributed by atoms with Crippen molar-refractivity contribution in [1.29, 1.82) is 0 Å². The summed E-state index contributed by atoms with van der Waals surface area (Å²) in [5, 5.41) is 0. The van der Waals surface area contributed by atoms with Gasteiger partial charge in [-0.15, -0.1) is 0 Å². The zero-order valence-electron chi connectivity index (χ0n) is 41.6. The van der Waals surface area contributed by atoms with Gasteiger partial charge < -0.3 is 28.7 Å². The number of ether oxygens (including phenoxy) is 4. The van der Waals surface area contributed by atoms with Crippen LogP contribution in [0.3, 0.4) is 0 Å². The van der Waals surface area contributed by atoms with Crippen molar-refractivity contribution in [2.24, 2.45) is 11.8 Å². The highest BCUT2D eigenvalue weighted by atomic mass is 16.7. The third-order valence-corrected chi connectivity index (χ3v) is 12.5. The van der Waals surface area contributed by atoms with E-state index in [1.807, 2.05) is 0 Å². The van der Waals surface area contributed by atoms with Crippen molar-refractivity contribution in [1.82, 2.24) is 9.80 Å². The lowest BCUT2D eigenvalue weighted by Crippen LogP contribution is -2.35. The molecule has 0 N–H and O–H groups in total. The van der Waals surface area contributed by atoms with Gasteiger partial charge in [-0.1, -0.05) is 164 Å². The molecule has 9 heteroatoms. The van der Waals surface area contributed by atoms with E-state index in [2.05, 4.69) is 58.4 Å². The molecule has 0 saturated heterocycles. The second-order valence-corrected chi connectivity index (χ2v) is 18.1. The number of carbonyl (C=O) groups is 3. The van der Waals surface area contributed by atoms with Crippen molar-refractivity contribution < 1.29 is 33.3 Å². The smallest absolute Gasteiger partial charge is 0.465 e. The Bertz CT molecular complexity index is 977. The second-order valence-electron chi connectivity index (χ2n) is 18.1. The first-order chi connectivity index (χ1) is 29.8. The molecule has 0 aliphatic carbocycles. The average Bonchev–Trinajstić information content (AvgIpc) is 3.25. The summed E-state index contributed by atoms with van der Waals surface area (Å²) in [7, 11) is 2.06. The quantitative estimate of drug-likeness (QED) is 0.0337. The van der Waals surface area contributed by atoms with Crippen LogP contribution in [0.25, 0.3) is 0 Å². The first-order valence-corrected chi connectivity index (χ1v) is 26.3. The van der Waals surface area contributed by atoms with Crippen molar-refractivity contribution in [3.8, 4) is 0 Å². The molecule has 0 rings (SSSR count). The highest BCUT2D eigenvalue weighted by Gasteiger charge is 2.21. The number of unbranched alkanes of at least 4 members (excludes halogenated alkanes) is 19. The van der Waals surface area contributed by atoms with Gasteiger partial charge in [-0.3, -0.25) is 9.59 Å². The van der Waals surface area contributed by atoms with Gasteiger partial charge in [-0.05, 0) is 97.2 Å². The van der Waals surface area contributed by atoms with E-state index in [1.165, 1.54) is 83.5 Å². The molecule has 0 spiro atoms. The number of rotatable bonds is 46. The summed E-state index contributed by atoms with van der Waals surface area (Å²) in [4.78, 5) is 43.6. The number of likely N-dealkylation sites (N-methyl/N-ethyl adjacent to an activating group) is 2. The number of nitrogens with zero attached hydrogens (tertiary/aromatic N) is 2. The Morgan fingerprint density at radius 3 is 1.20 bits per heavy atom. The topological polar surface area (TPSA) is 94.6 Å². The lowest BCUT2D eigenvalue weighted by atomic mass is 9.94. The van der Waals surface area contributed by atoms with E-state index in [4.69, 9.17) is 18.9 Å². The zero-order valence-corrected chi connectivity index (χ0v) is 41.6. The Balaban J connectivity index is 4.97. The molecule has 0 heterocycles. The van der Waals surface area contributed by atoms with E-state index in [1.54, 1.807) is 0 Å². The summed E-state index contributed by atoms with van der Waals surface area (Å²) in [5.41, 5.74) is 0. The first-order valence-electron chi connectivity index (χ1n) is 26.3. The lowest BCUT2D eigenvalue weighted by Gasteiger charge is -2.23. The summed E-state index contributed by atoms with van der Waals surface area (Å²) in [6.07, 6.45) is 32.6. The van der Waals surface area contributed by atoms with Crippen LogP contribution in [0.15, 0.2) is 0 Å². The molecule has 0 amide bonds. The fraction of sp³-hybridized carbons (Fsp3) is 0.942. The van der Waals surface area contributed by atoms with E-state index >= 15 is 0 Å². The maximum atomic E-state index is 13.1. The average molecular weight is 867 g/mol. The van der Waals surface area contributed by atoms with Gasteiger partial charge in [0.2, 0.25) is 0 Å². The van der Waals surface area contributed by atoms with Gasteiger partial charge in [0, 0.05) is 19.6 Å². The van der Waals surface area contributed by atoms with Crippen molar-refractivity contribution in [3.05, 3.63) is 0 Å². The zero-order chi connectivity index (χ0) is 45.0. The van der Waals surface area contributed by atoms with Gasteiger partial charge in [0.15, 0.2) is 0 Å². The highest BCUT2D eigenvalue weighted by molar-refractivity contribution is 5.72. The van der Waals surface area contributed by atoms with Crippen molar-refractivity contribution in [2.45, 2.75) is 247 Å². The Morgan fingerprint density at radius 1 is 0.393 bits per heavy atom. The van der Waals surface area contributed by atoms with Gasteiger partial charge >= 0.3 is 18.1 Å². The van der Waals surface area contributed by atoms with E-state index in [9.17, 15) is 14.4 Å². The minimum Gasteiger partial charge on any atom is -0.465 e. The third-order valence-electron chi connectivity index (χ3n) is 12.5. The molecule has 9 nitrogen and oxygen atoms in total. The second kappa shape index (κ2) is 44.7. The van der Waals surface area contributed by atoms with Gasteiger partial charge in [0.1, 0.15) is 12.7 Å². The molecule has 0 aliphatic rings. The lowest BCUT2D eigenvalue weighted by molar-refractivity contribution is -0.150. The van der Waals surface area contributed by atoms with Crippen LogP contribution in [-0.2, 0) is 28.5 Å². The van der Waals surface area contributed by atoms with E-state index in [0.29, 0.717) is 26.4 Å². The van der Waals surface area contributed by atoms with Crippen LogP contribution >= 0.6 is 0 Å². The monoisotopic (exact) mass is 867 g/mol. The van der Waals surface area contributed by atoms with Gasteiger partial charge in [-0.25, -0.2) is 4.79 Å². The van der Waals surface area contributed by atoms with Crippen LogP contribution in [0.1, 0.15) is 241 Å². The molecular formula is C52H102N2O7. The normalized spacial score (nSPS) is 13.1. The molecule has 0 aromatic heterocycles. The molecular weight excluding hydrogens is 765 g/mol. The van der Waals surface area contributed by atoms with Crippen molar-refractivity contribution in [2.75, 3.05) is 59.6 Å². The summed E-state index contributed by atoms with van der Waals surface area (Å²) >= 11 is 0. The molecule has 0 aromatic rings. The maximum Gasteiger partial charge on any atom is 0.508 e. The Morgan fingerprint density at radius 2 is 0.754 bits per heavy atom. The van der Waals surface area contributed by atoms with Gasteiger partial charge in [0.05, 0.1) is 25.0 Å². The van der Waals surface area contributed by atoms with Gasteiger partial charge in [-0.2, -0.15) is 0 Å². The summed E-state index contributed by atoms with van der Waals surface area (Å²) in [5.74, 6) is 0.0191. The maximum absolute atomic E-state index is 13.1. The molecule has 3 atom stereocenters. The minimum atomic E-state index is -0.597. The summed E-state index contributed by atoms with van der Waals surface area (Å²) < 4.78 is 23.1. The fourth-order valence-corrected chi connectivity index (χ4v) is 8.12. The van der Waals surface area contributed by atoms with Crippen LogP contribution in [0.4, 0.5) is 4.79 Å². The molecule has 3 unspecified atom stereocenters. The first kappa shape index (κ1) is 59.1. The predicted octanol–water partition coefficient (Wildman–Crippen LogP) is 14.3.